The van der Waals surface area contributed by atoms with Gasteiger partial charge >= 0.3 is 0 Å². The van der Waals surface area contributed by atoms with E-state index in [0.717, 1.165) is 5.56 Å². The first kappa shape index (κ1) is 10.4. The van der Waals surface area contributed by atoms with E-state index in [0.29, 0.717) is 0 Å². The standard InChI is InChI=1S/C12H12N2O2/c1-9(10-5-3-2-4-6-10)14-12(15)11-7-13-8-16-11/h2-9H,1H3,(H,14,15). The minimum atomic E-state index is -0.256. The highest BCUT2D eigenvalue weighted by molar-refractivity contribution is 5.91. The maximum atomic E-state index is 11.6. The van der Waals surface area contributed by atoms with Gasteiger partial charge < -0.3 is 9.73 Å². The summed E-state index contributed by atoms with van der Waals surface area (Å²) in [7, 11) is 0. The second-order valence-corrected chi connectivity index (χ2v) is 3.47. The van der Waals surface area contributed by atoms with Gasteiger partial charge in [-0.2, -0.15) is 0 Å². The second kappa shape index (κ2) is 4.61. The number of amides is 1. The van der Waals surface area contributed by atoms with Gasteiger partial charge in [-0.15, -0.1) is 0 Å². The Balaban J connectivity index is 2.03. The molecule has 2 aromatic rings. The molecule has 82 valence electrons. The van der Waals surface area contributed by atoms with Crippen LogP contribution < -0.4 is 5.32 Å². The second-order valence-electron chi connectivity index (χ2n) is 3.47. The van der Waals surface area contributed by atoms with Crippen LogP contribution in [0.25, 0.3) is 0 Å². The average molecular weight is 216 g/mol. The zero-order valence-electron chi connectivity index (χ0n) is 8.88. The van der Waals surface area contributed by atoms with Crippen molar-refractivity contribution < 1.29 is 9.21 Å². The summed E-state index contributed by atoms with van der Waals surface area (Å²) in [5.74, 6) is -0.0309. The van der Waals surface area contributed by atoms with Crippen LogP contribution >= 0.6 is 0 Å². The number of rotatable bonds is 3. The maximum Gasteiger partial charge on any atom is 0.289 e. The quantitative estimate of drug-likeness (QED) is 0.855. The highest BCUT2D eigenvalue weighted by atomic mass is 16.3. The molecule has 0 fully saturated rings. The SMILES string of the molecule is CC(NC(=O)c1cnco1)c1ccccc1. The molecule has 0 aliphatic rings. The molecule has 0 aliphatic heterocycles. The van der Waals surface area contributed by atoms with Crippen molar-refractivity contribution in [2.75, 3.05) is 0 Å². The normalized spacial score (nSPS) is 12.1. The molecule has 1 heterocycles. The molecule has 0 saturated heterocycles. The minimum Gasteiger partial charge on any atom is -0.438 e. The first-order valence-electron chi connectivity index (χ1n) is 5.01. The van der Waals surface area contributed by atoms with Gasteiger partial charge in [-0.05, 0) is 12.5 Å². The third kappa shape index (κ3) is 2.28. The topological polar surface area (TPSA) is 55.1 Å². The van der Waals surface area contributed by atoms with Crippen molar-refractivity contribution in [2.24, 2.45) is 0 Å². The van der Waals surface area contributed by atoms with Gasteiger partial charge in [0, 0.05) is 0 Å². The summed E-state index contributed by atoms with van der Waals surface area (Å²) in [6, 6.07) is 9.68. The van der Waals surface area contributed by atoms with Gasteiger partial charge in [0.25, 0.3) is 5.91 Å². The molecule has 1 amide bonds. The summed E-state index contributed by atoms with van der Waals surface area (Å²) in [5.41, 5.74) is 1.05. The number of hydrogen-bond donors (Lipinski definition) is 1. The molecule has 1 aromatic heterocycles. The van der Waals surface area contributed by atoms with Crippen LogP contribution in [0.3, 0.4) is 0 Å². The van der Waals surface area contributed by atoms with E-state index in [2.05, 4.69) is 10.3 Å². The number of nitrogens with one attached hydrogen (secondary N) is 1. The first-order chi connectivity index (χ1) is 7.77. The van der Waals surface area contributed by atoms with Crippen LogP contribution in [0.4, 0.5) is 0 Å². The molecule has 0 radical (unpaired) electrons. The van der Waals surface area contributed by atoms with Gasteiger partial charge in [0.2, 0.25) is 5.76 Å². The molecule has 4 heteroatoms. The van der Waals surface area contributed by atoms with Crippen LogP contribution in [0, 0.1) is 0 Å². The van der Waals surface area contributed by atoms with E-state index in [4.69, 9.17) is 4.42 Å². The molecule has 2 rings (SSSR count). The summed E-state index contributed by atoms with van der Waals surface area (Å²) in [5, 5.41) is 2.83. The van der Waals surface area contributed by atoms with E-state index in [-0.39, 0.29) is 17.7 Å². The van der Waals surface area contributed by atoms with E-state index in [1.807, 2.05) is 37.3 Å². The Labute approximate surface area is 93.3 Å². The molecule has 0 bridgehead atoms. The lowest BCUT2D eigenvalue weighted by Crippen LogP contribution is -2.26. The summed E-state index contributed by atoms with van der Waals surface area (Å²) in [4.78, 5) is 15.3. The van der Waals surface area contributed by atoms with Crippen LogP contribution in [-0.4, -0.2) is 10.9 Å². The number of hydrogen-bond acceptors (Lipinski definition) is 3. The van der Waals surface area contributed by atoms with Gasteiger partial charge in [-0.1, -0.05) is 30.3 Å². The summed E-state index contributed by atoms with van der Waals surface area (Å²) >= 11 is 0. The van der Waals surface area contributed by atoms with Crippen LogP contribution in [0.15, 0.2) is 47.3 Å². The first-order valence-corrected chi connectivity index (χ1v) is 5.01. The monoisotopic (exact) mass is 216 g/mol. The Morgan fingerprint density at radius 1 is 1.38 bits per heavy atom. The van der Waals surface area contributed by atoms with Crippen molar-refractivity contribution in [1.29, 1.82) is 0 Å². The fourth-order valence-corrected chi connectivity index (χ4v) is 1.42. The van der Waals surface area contributed by atoms with Crippen LogP contribution in [0.5, 0.6) is 0 Å². The average Bonchev–Trinajstić information content (AvgIpc) is 2.83. The van der Waals surface area contributed by atoms with Crippen LogP contribution in [0.1, 0.15) is 29.1 Å². The fourth-order valence-electron chi connectivity index (χ4n) is 1.42. The molecule has 1 N–H and O–H groups in total. The summed E-state index contributed by atoms with van der Waals surface area (Å²) < 4.78 is 4.91. The van der Waals surface area contributed by atoms with Crippen molar-refractivity contribution in [2.45, 2.75) is 13.0 Å². The van der Waals surface area contributed by atoms with Crippen molar-refractivity contribution in [3.8, 4) is 0 Å². The van der Waals surface area contributed by atoms with E-state index in [1.54, 1.807) is 0 Å². The molecule has 1 atom stereocenters. The predicted molar refractivity (Wildman–Crippen MR) is 58.8 cm³/mol. The van der Waals surface area contributed by atoms with E-state index < -0.39 is 0 Å². The largest absolute Gasteiger partial charge is 0.438 e. The van der Waals surface area contributed by atoms with Crippen molar-refractivity contribution >= 4 is 5.91 Å². The third-order valence-corrected chi connectivity index (χ3v) is 2.30. The van der Waals surface area contributed by atoms with Crippen molar-refractivity contribution in [3.63, 3.8) is 0 Å². The molecule has 0 spiro atoms. The number of carbonyl (C=O) groups excluding carboxylic acids is 1. The maximum absolute atomic E-state index is 11.6. The lowest BCUT2D eigenvalue weighted by Gasteiger charge is -2.12. The highest BCUT2D eigenvalue weighted by Crippen LogP contribution is 2.11. The molecule has 1 unspecified atom stereocenters. The van der Waals surface area contributed by atoms with Gasteiger partial charge in [-0.25, -0.2) is 4.98 Å². The van der Waals surface area contributed by atoms with Gasteiger partial charge in [0.1, 0.15) is 0 Å². The molecule has 1 aromatic carbocycles. The Morgan fingerprint density at radius 2 is 2.12 bits per heavy atom. The van der Waals surface area contributed by atoms with Crippen LogP contribution in [-0.2, 0) is 0 Å². The van der Waals surface area contributed by atoms with Crippen molar-refractivity contribution in [1.82, 2.24) is 10.3 Å². The molecular weight excluding hydrogens is 204 g/mol. The molecule has 0 saturated carbocycles. The lowest BCUT2D eigenvalue weighted by atomic mass is 10.1. The Bertz CT molecular complexity index is 451. The van der Waals surface area contributed by atoms with Gasteiger partial charge in [0.05, 0.1) is 12.2 Å². The number of oxazole rings is 1. The highest BCUT2D eigenvalue weighted by Gasteiger charge is 2.13. The minimum absolute atomic E-state index is 0.0567. The van der Waals surface area contributed by atoms with Gasteiger partial charge in [0.15, 0.2) is 6.39 Å². The molecule has 16 heavy (non-hydrogen) atoms. The molecular formula is C12H12N2O2. The Kier molecular flexibility index (Phi) is 3.00. The van der Waals surface area contributed by atoms with E-state index in [9.17, 15) is 4.79 Å². The lowest BCUT2D eigenvalue weighted by molar-refractivity contribution is 0.0912. The van der Waals surface area contributed by atoms with Gasteiger partial charge in [-0.3, -0.25) is 4.79 Å². The fraction of sp³-hybridized carbons (Fsp3) is 0.167. The van der Waals surface area contributed by atoms with E-state index in [1.165, 1.54) is 12.6 Å². The van der Waals surface area contributed by atoms with Crippen LogP contribution in [0.2, 0.25) is 0 Å². The molecule has 4 nitrogen and oxygen atoms in total. The Morgan fingerprint density at radius 3 is 2.75 bits per heavy atom. The smallest absolute Gasteiger partial charge is 0.289 e. The van der Waals surface area contributed by atoms with Crippen molar-refractivity contribution in [3.05, 3.63) is 54.2 Å². The number of carbonyl (C=O) groups is 1. The molecule has 0 aliphatic carbocycles. The number of nitrogens with zero attached hydrogens (tertiary/aromatic N) is 1. The zero-order chi connectivity index (χ0) is 11.4. The predicted octanol–water partition coefficient (Wildman–Crippen LogP) is 2.17. The summed E-state index contributed by atoms with van der Waals surface area (Å²) in [6.45, 7) is 1.92. The van der Waals surface area contributed by atoms with E-state index >= 15 is 0 Å². The Hall–Kier alpha value is -2.10. The third-order valence-electron chi connectivity index (χ3n) is 2.30. The summed E-state index contributed by atoms with van der Waals surface area (Å²) in [6.07, 6.45) is 2.63. The number of benzene rings is 1. The number of aromatic nitrogens is 1. The zero-order valence-corrected chi connectivity index (χ0v) is 8.88.